The summed E-state index contributed by atoms with van der Waals surface area (Å²) in [4.78, 5) is 12.1. The van der Waals surface area contributed by atoms with Gasteiger partial charge in [0.25, 0.3) is 0 Å². The fourth-order valence-electron chi connectivity index (χ4n) is 2.45. The fourth-order valence-corrected chi connectivity index (χ4v) is 2.70. The molecule has 2 aromatic heterocycles. The van der Waals surface area contributed by atoms with Gasteiger partial charge in [0, 0.05) is 12.0 Å². The molecule has 0 saturated carbocycles. The summed E-state index contributed by atoms with van der Waals surface area (Å²) in [6, 6.07) is 17.5. The molecule has 0 unspecified atom stereocenters. The van der Waals surface area contributed by atoms with Crippen LogP contribution in [0, 0.1) is 0 Å². The number of carbonyl (C=O) groups excluding carboxylic acids is 1. The number of nitrogens with zero attached hydrogens (tertiary/aromatic N) is 1. The van der Waals surface area contributed by atoms with Crippen molar-refractivity contribution in [2.75, 3.05) is 0 Å². The summed E-state index contributed by atoms with van der Waals surface area (Å²) < 4.78 is 1.93. The highest BCUT2D eigenvalue weighted by atomic mass is 35.5. The molecule has 0 radical (unpaired) electrons. The molecule has 3 aromatic rings. The lowest BCUT2D eigenvalue weighted by atomic mass is 10.1. The molecule has 0 saturated heterocycles. The van der Waals surface area contributed by atoms with Crippen molar-refractivity contribution in [2.45, 2.75) is 13.3 Å². The van der Waals surface area contributed by atoms with Crippen LogP contribution in [0.1, 0.15) is 23.7 Å². The molecule has 0 spiro atoms. The van der Waals surface area contributed by atoms with Crippen molar-refractivity contribution in [2.24, 2.45) is 0 Å². The zero-order valence-electron chi connectivity index (χ0n) is 11.1. The number of ketones is 1. The molecular weight excluding hydrogens is 270 g/mol. The summed E-state index contributed by atoms with van der Waals surface area (Å²) >= 11 is 6.32. The highest BCUT2D eigenvalue weighted by Crippen LogP contribution is 2.30. The van der Waals surface area contributed by atoms with E-state index in [2.05, 4.69) is 0 Å². The van der Waals surface area contributed by atoms with Crippen LogP contribution in [-0.4, -0.2) is 10.2 Å². The molecule has 0 atom stereocenters. The number of hydrogen-bond acceptors (Lipinski definition) is 1. The third-order valence-corrected chi connectivity index (χ3v) is 3.73. The molecule has 0 aliphatic heterocycles. The molecule has 0 aliphatic carbocycles. The van der Waals surface area contributed by atoms with E-state index in [4.69, 9.17) is 11.6 Å². The lowest BCUT2D eigenvalue weighted by Crippen LogP contribution is -1.95. The smallest absolute Gasteiger partial charge is 0.164 e. The van der Waals surface area contributed by atoms with Gasteiger partial charge in [-0.2, -0.15) is 0 Å². The maximum absolute atomic E-state index is 12.1. The number of aromatic nitrogens is 1. The number of fused-ring (bicyclic) bond motifs is 1. The highest BCUT2D eigenvalue weighted by molar-refractivity contribution is 6.30. The van der Waals surface area contributed by atoms with Gasteiger partial charge >= 0.3 is 0 Å². The van der Waals surface area contributed by atoms with Crippen molar-refractivity contribution in [3.8, 4) is 11.3 Å². The third-order valence-electron chi connectivity index (χ3n) is 3.43. The predicted molar refractivity (Wildman–Crippen MR) is 82.5 cm³/mol. The van der Waals surface area contributed by atoms with Crippen LogP contribution in [0.5, 0.6) is 0 Å². The molecule has 0 fully saturated rings. The van der Waals surface area contributed by atoms with Crippen LogP contribution in [-0.2, 0) is 0 Å². The minimum absolute atomic E-state index is 0.131. The van der Waals surface area contributed by atoms with Gasteiger partial charge in [-0.25, -0.2) is 0 Å². The number of halogens is 1. The van der Waals surface area contributed by atoms with Crippen molar-refractivity contribution in [1.29, 1.82) is 0 Å². The second-order valence-electron chi connectivity index (χ2n) is 4.66. The van der Waals surface area contributed by atoms with Crippen LogP contribution in [0.25, 0.3) is 16.8 Å². The van der Waals surface area contributed by atoms with E-state index in [1.165, 1.54) is 0 Å². The zero-order chi connectivity index (χ0) is 14.1. The van der Waals surface area contributed by atoms with E-state index in [0.29, 0.717) is 11.6 Å². The molecular formula is C17H14ClNO. The summed E-state index contributed by atoms with van der Waals surface area (Å²) in [5, 5.41) is 0.608. The highest BCUT2D eigenvalue weighted by Gasteiger charge is 2.16. The Morgan fingerprint density at radius 1 is 1.10 bits per heavy atom. The summed E-state index contributed by atoms with van der Waals surface area (Å²) in [6.45, 7) is 1.87. The molecule has 2 heterocycles. The normalized spacial score (nSPS) is 10.9. The minimum Gasteiger partial charge on any atom is -0.299 e. The number of benzene rings is 1. The predicted octanol–water partition coefficient (Wildman–Crippen LogP) is 4.85. The average Bonchev–Trinajstić information content (AvgIpc) is 2.88. The lowest BCUT2D eigenvalue weighted by Gasteiger charge is -2.05. The second kappa shape index (κ2) is 5.14. The van der Waals surface area contributed by atoms with Crippen molar-refractivity contribution in [1.82, 2.24) is 4.40 Å². The molecule has 0 N–H and O–H groups in total. The van der Waals surface area contributed by atoms with Crippen LogP contribution >= 0.6 is 11.6 Å². The van der Waals surface area contributed by atoms with Crippen LogP contribution in [0.3, 0.4) is 0 Å². The summed E-state index contributed by atoms with van der Waals surface area (Å²) in [5.74, 6) is 0.131. The van der Waals surface area contributed by atoms with Gasteiger partial charge in [0.05, 0.1) is 11.2 Å². The largest absolute Gasteiger partial charge is 0.299 e. The minimum atomic E-state index is 0.131. The Balaban J connectivity index is 2.36. The van der Waals surface area contributed by atoms with Gasteiger partial charge in [0.15, 0.2) is 5.78 Å². The lowest BCUT2D eigenvalue weighted by molar-refractivity contribution is 0.0990. The van der Waals surface area contributed by atoms with Crippen LogP contribution in [0.15, 0.2) is 54.6 Å². The Morgan fingerprint density at radius 3 is 2.55 bits per heavy atom. The molecule has 3 rings (SSSR count). The average molecular weight is 284 g/mol. The summed E-state index contributed by atoms with van der Waals surface area (Å²) in [7, 11) is 0. The quantitative estimate of drug-likeness (QED) is 0.497. The van der Waals surface area contributed by atoms with E-state index in [1.807, 2.05) is 65.9 Å². The van der Waals surface area contributed by atoms with Crippen LogP contribution in [0.4, 0.5) is 0 Å². The second-order valence-corrected chi connectivity index (χ2v) is 5.04. The number of pyridine rings is 1. The van der Waals surface area contributed by atoms with Gasteiger partial charge in [0.2, 0.25) is 0 Å². The molecule has 0 aliphatic rings. The Hall–Kier alpha value is -2.06. The van der Waals surface area contributed by atoms with Crippen molar-refractivity contribution in [3.05, 3.63) is 65.3 Å². The molecule has 0 bridgehead atoms. The fraction of sp³-hybridized carbons (Fsp3) is 0.118. The summed E-state index contributed by atoms with van der Waals surface area (Å²) in [6.07, 6.45) is 0.487. The molecule has 20 heavy (non-hydrogen) atoms. The van der Waals surface area contributed by atoms with E-state index in [-0.39, 0.29) is 5.78 Å². The van der Waals surface area contributed by atoms with Gasteiger partial charge in [-0.15, -0.1) is 0 Å². The molecule has 1 aromatic carbocycles. The Bertz CT molecular complexity index is 774. The number of carbonyl (C=O) groups is 1. The molecule has 0 amide bonds. The van der Waals surface area contributed by atoms with Crippen LogP contribution in [0.2, 0.25) is 5.15 Å². The molecule has 3 heteroatoms. The zero-order valence-corrected chi connectivity index (χ0v) is 11.9. The monoisotopic (exact) mass is 283 g/mol. The van der Waals surface area contributed by atoms with Gasteiger partial charge in [0.1, 0.15) is 5.15 Å². The Labute approximate surface area is 122 Å². The standard InChI is InChI=1S/C17H14ClNO/c1-2-16(20)13-11-15(12-7-4-3-5-8-12)19-14(13)9-6-10-17(19)18/h3-11H,2H2,1H3. The third kappa shape index (κ3) is 2.02. The van der Waals surface area contributed by atoms with E-state index >= 15 is 0 Å². The van der Waals surface area contributed by atoms with Gasteiger partial charge in [-0.1, -0.05) is 54.9 Å². The maximum Gasteiger partial charge on any atom is 0.164 e. The van der Waals surface area contributed by atoms with E-state index in [9.17, 15) is 4.79 Å². The summed E-state index contributed by atoms with van der Waals surface area (Å²) in [5.41, 5.74) is 3.59. The first-order valence-electron chi connectivity index (χ1n) is 6.61. The Morgan fingerprint density at radius 2 is 1.85 bits per heavy atom. The first-order chi connectivity index (χ1) is 9.72. The van der Waals surface area contributed by atoms with Crippen molar-refractivity contribution < 1.29 is 4.79 Å². The van der Waals surface area contributed by atoms with Crippen molar-refractivity contribution in [3.63, 3.8) is 0 Å². The first kappa shape index (κ1) is 12.9. The number of rotatable bonds is 3. The number of Topliss-reactive ketones (excluding diaryl/α,β-unsaturated/α-hetero) is 1. The number of hydrogen-bond donors (Lipinski definition) is 0. The van der Waals surface area contributed by atoms with Crippen LogP contribution < -0.4 is 0 Å². The van der Waals surface area contributed by atoms with Gasteiger partial charge in [-0.05, 0) is 23.8 Å². The van der Waals surface area contributed by atoms with E-state index in [1.54, 1.807) is 0 Å². The SMILES string of the molecule is CCC(=O)c1cc(-c2ccccc2)n2c(Cl)cccc12. The Kier molecular flexibility index (Phi) is 3.33. The van der Waals surface area contributed by atoms with Gasteiger partial charge < -0.3 is 0 Å². The molecule has 100 valence electrons. The first-order valence-corrected chi connectivity index (χ1v) is 6.98. The van der Waals surface area contributed by atoms with Gasteiger partial charge in [-0.3, -0.25) is 9.20 Å². The van der Waals surface area contributed by atoms with E-state index in [0.717, 1.165) is 22.3 Å². The van der Waals surface area contributed by atoms with E-state index < -0.39 is 0 Å². The van der Waals surface area contributed by atoms with Crippen molar-refractivity contribution >= 4 is 22.9 Å². The topological polar surface area (TPSA) is 21.5 Å². The maximum atomic E-state index is 12.1. The molecule has 2 nitrogen and oxygen atoms in total.